The van der Waals surface area contributed by atoms with E-state index in [4.69, 9.17) is 10.5 Å². The first-order valence-electron chi connectivity index (χ1n) is 15.4. The van der Waals surface area contributed by atoms with Crippen molar-refractivity contribution in [2.24, 2.45) is 5.41 Å². The molecular formula is C33H32F3N9O3. The minimum atomic E-state index is -4.84. The van der Waals surface area contributed by atoms with Crippen LogP contribution in [0, 0.1) is 12.3 Å². The quantitative estimate of drug-likeness (QED) is 0.219. The Bertz CT molecular complexity index is 1990. The molecule has 7 rings (SSSR count). The van der Waals surface area contributed by atoms with Crippen molar-refractivity contribution in [3.63, 3.8) is 0 Å². The van der Waals surface area contributed by atoms with Gasteiger partial charge in [0, 0.05) is 42.8 Å². The zero-order valence-electron chi connectivity index (χ0n) is 25.9. The molecule has 248 valence electrons. The summed E-state index contributed by atoms with van der Waals surface area (Å²) in [6.07, 6.45) is -2.16. The Labute approximate surface area is 272 Å². The SMILES string of the molecule is Cc1ccn(-c2cc(-c3ccc4nnccc4c3)ccc2C(Oc2cc(N3CCC4(CC3)CNC(C(=O)O)C4)nc(N)n2)C(F)(F)F)n1. The Morgan fingerprint density at radius 1 is 1.08 bits per heavy atom. The maximum absolute atomic E-state index is 14.9. The number of piperidine rings is 1. The van der Waals surface area contributed by atoms with E-state index in [1.807, 2.05) is 29.2 Å². The zero-order chi connectivity index (χ0) is 33.6. The molecule has 0 aliphatic carbocycles. The van der Waals surface area contributed by atoms with Crippen molar-refractivity contribution in [1.82, 2.24) is 35.3 Å². The van der Waals surface area contributed by atoms with Gasteiger partial charge in [0.2, 0.25) is 17.9 Å². The molecular weight excluding hydrogens is 627 g/mol. The first-order valence-corrected chi connectivity index (χ1v) is 15.4. The van der Waals surface area contributed by atoms with E-state index in [0.29, 0.717) is 61.5 Å². The molecule has 0 saturated carbocycles. The summed E-state index contributed by atoms with van der Waals surface area (Å²) >= 11 is 0. The zero-order valence-corrected chi connectivity index (χ0v) is 25.9. The molecule has 48 heavy (non-hydrogen) atoms. The molecule has 2 saturated heterocycles. The number of nitrogens with two attached hydrogens (primary N) is 1. The number of benzene rings is 2. The average Bonchev–Trinajstić information content (AvgIpc) is 3.69. The van der Waals surface area contributed by atoms with E-state index < -0.39 is 24.3 Å². The van der Waals surface area contributed by atoms with Gasteiger partial charge in [-0.05, 0) is 73.1 Å². The molecule has 2 fully saturated rings. The van der Waals surface area contributed by atoms with Crippen LogP contribution >= 0.6 is 0 Å². The van der Waals surface area contributed by atoms with Crippen molar-refractivity contribution in [3.8, 4) is 22.7 Å². The number of hydrogen-bond donors (Lipinski definition) is 3. The summed E-state index contributed by atoms with van der Waals surface area (Å²) in [6.45, 7) is 3.40. The lowest BCUT2D eigenvalue weighted by molar-refractivity contribution is -0.198. The highest BCUT2D eigenvalue weighted by Gasteiger charge is 2.46. The molecule has 2 unspecified atom stereocenters. The smallest absolute Gasteiger partial charge is 0.429 e. The van der Waals surface area contributed by atoms with Crippen LogP contribution in [-0.4, -0.2) is 72.9 Å². The van der Waals surface area contributed by atoms with Gasteiger partial charge >= 0.3 is 12.1 Å². The number of rotatable bonds is 7. The van der Waals surface area contributed by atoms with Crippen LogP contribution in [0.15, 0.2) is 67.0 Å². The molecule has 12 nitrogen and oxygen atoms in total. The lowest BCUT2D eigenvalue weighted by atomic mass is 9.76. The van der Waals surface area contributed by atoms with E-state index in [1.54, 1.807) is 37.5 Å². The highest BCUT2D eigenvalue weighted by Crippen LogP contribution is 2.43. The summed E-state index contributed by atoms with van der Waals surface area (Å²) in [7, 11) is 0. The number of alkyl halides is 3. The molecule has 5 heterocycles. The average molecular weight is 660 g/mol. The van der Waals surface area contributed by atoms with Crippen LogP contribution in [-0.2, 0) is 4.79 Å². The van der Waals surface area contributed by atoms with Crippen molar-refractivity contribution in [2.45, 2.75) is 44.5 Å². The van der Waals surface area contributed by atoms with Crippen LogP contribution in [0.4, 0.5) is 24.9 Å². The highest BCUT2D eigenvalue weighted by molar-refractivity contribution is 5.84. The number of anilines is 2. The monoisotopic (exact) mass is 659 g/mol. The van der Waals surface area contributed by atoms with Gasteiger partial charge < -0.3 is 25.8 Å². The fraction of sp³-hybridized carbons (Fsp3) is 0.333. The Morgan fingerprint density at radius 3 is 2.56 bits per heavy atom. The minimum Gasteiger partial charge on any atom is -0.480 e. The fourth-order valence-electron chi connectivity index (χ4n) is 6.62. The molecule has 0 radical (unpaired) electrons. The maximum Gasteiger partial charge on any atom is 0.429 e. The standard InChI is InChI=1S/C33H32F3N9O3/c1-19-7-11-45(43-19)26-15-21(20-3-5-24-22(14-20)6-10-39-42-24)2-4-23(26)29(33(34,35)36)48-28-16-27(40-31(37)41-28)44-12-8-32(9-13-44)17-25(30(46)47)38-18-32/h2-7,10-11,14-16,25,29,38H,8-9,12-13,17-18H2,1H3,(H,46,47)(H2,37,40,41). The third-order valence-corrected chi connectivity index (χ3v) is 9.18. The molecule has 3 aromatic heterocycles. The predicted octanol–water partition coefficient (Wildman–Crippen LogP) is 4.88. The maximum atomic E-state index is 14.9. The molecule has 2 atom stereocenters. The van der Waals surface area contributed by atoms with Gasteiger partial charge in [0.05, 0.1) is 23.1 Å². The minimum absolute atomic E-state index is 0.160. The molecule has 2 aromatic carbocycles. The number of carboxylic acids is 1. The summed E-state index contributed by atoms with van der Waals surface area (Å²) in [6, 6.07) is 14.5. The number of nitrogens with one attached hydrogen (secondary N) is 1. The molecule has 2 aliphatic rings. The van der Waals surface area contributed by atoms with Crippen molar-refractivity contribution in [3.05, 3.63) is 78.2 Å². The number of carbonyl (C=O) groups is 1. The van der Waals surface area contributed by atoms with E-state index in [2.05, 4.69) is 30.6 Å². The molecule has 2 aliphatic heterocycles. The number of nitrogen functional groups attached to an aromatic ring is 1. The van der Waals surface area contributed by atoms with Crippen LogP contribution in [0.1, 0.15) is 36.6 Å². The van der Waals surface area contributed by atoms with Crippen molar-refractivity contribution < 1.29 is 27.8 Å². The van der Waals surface area contributed by atoms with Gasteiger partial charge in [0.25, 0.3) is 0 Å². The van der Waals surface area contributed by atoms with E-state index in [-0.39, 0.29) is 28.5 Å². The molecule has 0 bridgehead atoms. The van der Waals surface area contributed by atoms with Crippen LogP contribution in [0.5, 0.6) is 5.88 Å². The molecule has 1 spiro atoms. The number of hydrogen-bond acceptors (Lipinski definition) is 10. The van der Waals surface area contributed by atoms with Gasteiger partial charge in [0.15, 0.2) is 0 Å². The third-order valence-electron chi connectivity index (χ3n) is 9.18. The Hall–Kier alpha value is -5.31. The van der Waals surface area contributed by atoms with E-state index in [0.717, 1.165) is 10.9 Å². The number of fused-ring (bicyclic) bond motifs is 1. The molecule has 0 amide bonds. The van der Waals surface area contributed by atoms with E-state index in [1.165, 1.54) is 16.8 Å². The van der Waals surface area contributed by atoms with Crippen molar-refractivity contribution >= 4 is 28.6 Å². The second kappa shape index (κ2) is 12.0. The summed E-state index contributed by atoms with van der Waals surface area (Å²) in [5, 5.41) is 25.7. The number of aryl methyl sites for hydroxylation is 1. The summed E-state index contributed by atoms with van der Waals surface area (Å²) < 4.78 is 51.8. The van der Waals surface area contributed by atoms with Gasteiger partial charge in [-0.3, -0.25) is 4.79 Å². The predicted molar refractivity (Wildman–Crippen MR) is 171 cm³/mol. The normalized spacial score (nSPS) is 18.3. The van der Waals surface area contributed by atoms with Crippen LogP contribution in [0.2, 0.25) is 0 Å². The summed E-state index contributed by atoms with van der Waals surface area (Å²) in [5.41, 5.74) is 8.63. The lowest BCUT2D eigenvalue weighted by Crippen LogP contribution is -2.41. The van der Waals surface area contributed by atoms with Gasteiger partial charge in [-0.2, -0.15) is 38.4 Å². The van der Waals surface area contributed by atoms with E-state index in [9.17, 15) is 23.1 Å². The number of nitrogens with zero attached hydrogens (tertiary/aromatic N) is 7. The van der Waals surface area contributed by atoms with Crippen LogP contribution < -0.4 is 20.7 Å². The number of halogens is 3. The largest absolute Gasteiger partial charge is 0.480 e. The fourth-order valence-corrected chi connectivity index (χ4v) is 6.62. The van der Waals surface area contributed by atoms with Crippen LogP contribution in [0.3, 0.4) is 0 Å². The Morgan fingerprint density at radius 2 is 1.85 bits per heavy atom. The molecule has 4 N–H and O–H groups in total. The highest BCUT2D eigenvalue weighted by atomic mass is 19.4. The Kier molecular flexibility index (Phi) is 7.86. The number of aliphatic carboxylic acids is 1. The summed E-state index contributed by atoms with van der Waals surface area (Å²) in [5.74, 6) is -1.08. The summed E-state index contributed by atoms with van der Waals surface area (Å²) in [4.78, 5) is 21.7. The van der Waals surface area contributed by atoms with Gasteiger partial charge in [-0.15, -0.1) is 0 Å². The van der Waals surface area contributed by atoms with Crippen LogP contribution in [0.25, 0.3) is 27.7 Å². The molecule has 15 heteroatoms. The van der Waals surface area contributed by atoms with Crippen molar-refractivity contribution in [1.29, 1.82) is 0 Å². The Balaban J connectivity index is 1.20. The van der Waals surface area contributed by atoms with E-state index >= 15 is 0 Å². The first-order chi connectivity index (χ1) is 23.0. The molecule has 5 aromatic rings. The third kappa shape index (κ3) is 6.20. The van der Waals surface area contributed by atoms with Gasteiger partial charge in [-0.25, -0.2) is 4.68 Å². The second-order valence-electron chi connectivity index (χ2n) is 12.4. The van der Waals surface area contributed by atoms with Crippen molar-refractivity contribution in [2.75, 3.05) is 30.3 Å². The number of aromatic nitrogens is 6. The topological polar surface area (TPSA) is 157 Å². The number of ether oxygens (including phenoxy) is 1. The number of carboxylic acid groups (broad SMARTS) is 1. The lowest BCUT2D eigenvalue weighted by Gasteiger charge is -2.39. The first kappa shape index (κ1) is 31.3. The second-order valence-corrected chi connectivity index (χ2v) is 12.4. The van der Waals surface area contributed by atoms with Gasteiger partial charge in [0.1, 0.15) is 11.9 Å². The van der Waals surface area contributed by atoms with Gasteiger partial charge in [-0.1, -0.05) is 18.2 Å².